The van der Waals surface area contributed by atoms with Gasteiger partial charge in [0, 0.05) is 5.75 Å². The summed E-state index contributed by atoms with van der Waals surface area (Å²) in [6.45, 7) is 0.505. The summed E-state index contributed by atoms with van der Waals surface area (Å²) in [6.07, 6.45) is 1.75. The zero-order valence-electron chi connectivity index (χ0n) is 4.67. The van der Waals surface area contributed by atoms with Gasteiger partial charge in [0.1, 0.15) is 0 Å². The van der Waals surface area contributed by atoms with Crippen LogP contribution in [0.3, 0.4) is 0 Å². The Kier molecular flexibility index (Phi) is 2.66. The molecule has 0 bridgehead atoms. The first kappa shape index (κ1) is 6.39. The van der Waals surface area contributed by atoms with E-state index in [1.807, 2.05) is 0 Å². The monoisotopic (exact) mass is 134 g/mol. The summed E-state index contributed by atoms with van der Waals surface area (Å²) in [5.41, 5.74) is 0. The quantitative estimate of drug-likeness (QED) is 0.497. The van der Waals surface area contributed by atoms with Crippen LogP contribution >= 0.6 is 12.0 Å². The Hall–Kier alpha value is 0.270. The molecule has 1 rings (SSSR count). The lowest BCUT2D eigenvalue weighted by molar-refractivity contribution is 0.115. The van der Waals surface area contributed by atoms with Crippen LogP contribution in [0.15, 0.2) is 0 Å². The van der Waals surface area contributed by atoms with E-state index in [-0.39, 0.29) is 6.10 Å². The molecule has 0 saturated carbocycles. The van der Waals surface area contributed by atoms with E-state index in [1.54, 1.807) is 0 Å². The smallest absolute Gasteiger partial charge is 0.0873 e. The summed E-state index contributed by atoms with van der Waals surface area (Å²) in [7, 11) is 0. The van der Waals surface area contributed by atoms with E-state index >= 15 is 0 Å². The van der Waals surface area contributed by atoms with Crippen LogP contribution in [-0.2, 0) is 4.18 Å². The SMILES string of the molecule is OC1CCCSOC1. The van der Waals surface area contributed by atoms with Gasteiger partial charge in [0.2, 0.25) is 0 Å². The normalized spacial score (nSPS) is 31.9. The summed E-state index contributed by atoms with van der Waals surface area (Å²) in [4.78, 5) is 0. The molecular formula is C5H10O2S. The van der Waals surface area contributed by atoms with Crippen molar-refractivity contribution in [2.45, 2.75) is 18.9 Å². The minimum atomic E-state index is -0.218. The first-order chi connectivity index (χ1) is 3.89. The third-order valence-electron chi connectivity index (χ3n) is 1.11. The average molecular weight is 134 g/mol. The third-order valence-corrected chi connectivity index (χ3v) is 1.87. The molecule has 0 aromatic carbocycles. The fourth-order valence-electron chi connectivity index (χ4n) is 0.647. The van der Waals surface area contributed by atoms with Crippen molar-refractivity contribution in [3.05, 3.63) is 0 Å². The minimum Gasteiger partial charge on any atom is -0.391 e. The Morgan fingerprint density at radius 3 is 3.38 bits per heavy atom. The zero-order valence-corrected chi connectivity index (χ0v) is 5.49. The Bertz CT molecular complexity index is 59.4. The van der Waals surface area contributed by atoms with Crippen molar-refractivity contribution in [3.8, 4) is 0 Å². The average Bonchev–Trinajstić information content (AvgIpc) is 1.94. The molecule has 1 unspecified atom stereocenters. The molecule has 1 aliphatic rings. The predicted octanol–water partition coefficient (Wildman–Crippen LogP) is 0.806. The maximum absolute atomic E-state index is 8.95. The molecule has 0 aliphatic carbocycles. The standard InChI is InChI=1S/C5H10O2S/c6-5-2-1-3-8-7-4-5/h5-6H,1-4H2. The van der Waals surface area contributed by atoms with Crippen LogP contribution in [0.4, 0.5) is 0 Å². The molecule has 8 heavy (non-hydrogen) atoms. The van der Waals surface area contributed by atoms with Crippen molar-refractivity contribution < 1.29 is 9.29 Å². The zero-order chi connectivity index (χ0) is 5.82. The van der Waals surface area contributed by atoms with E-state index < -0.39 is 0 Å². The number of hydrogen-bond acceptors (Lipinski definition) is 3. The highest BCUT2D eigenvalue weighted by atomic mass is 32.2. The van der Waals surface area contributed by atoms with Crippen molar-refractivity contribution in [2.24, 2.45) is 0 Å². The van der Waals surface area contributed by atoms with E-state index in [4.69, 9.17) is 9.29 Å². The Balaban J connectivity index is 2.17. The molecule has 0 radical (unpaired) electrons. The van der Waals surface area contributed by atoms with Gasteiger partial charge < -0.3 is 9.29 Å². The number of aliphatic hydroxyl groups excluding tert-OH is 1. The van der Waals surface area contributed by atoms with Gasteiger partial charge in [-0.3, -0.25) is 0 Å². The molecule has 0 aromatic heterocycles. The Morgan fingerprint density at radius 2 is 2.50 bits per heavy atom. The second-order valence-electron chi connectivity index (χ2n) is 1.90. The molecule has 0 aromatic rings. The van der Waals surface area contributed by atoms with Crippen molar-refractivity contribution in [3.63, 3.8) is 0 Å². The van der Waals surface area contributed by atoms with Crippen molar-refractivity contribution >= 4 is 12.0 Å². The van der Waals surface area contributed by atoms with Crippen LogP contribution < -0.4 is 0 Å². The topological polar surface area (TPSA) is 29.5 Å². The van der Waals surface area contributed by atoms with Gasteiger partial charge in [-0.2, -0.15) is 0 Å². The van der Waals surface area contributed by atoms with Crippen LogP contribution in [0.1, 0.15) is 12.8 Å². The second kappa shape index (κ2) is 3.33. The first-order valence-electron chi connectivity index (χ1n) is 2.82. The van der Waals surface area contributed by atoms with Crippen LogP contribution in [0.2, 0.25) is 0 Å². The van der Waals surface area contributed by atoms with Gasteiger partial charge >= 0.3 is 0 Å². The van der Waals surface area contributed by atoms with E-state index in [0.29, 0.717) is 6.61 Å². The van der Waals surface area contributed by atoms with Gasteiger partial charge in [-0.25, -0.2) is 0 Å². The molecule has 3 heteroatoms. The number of rotatable bonds is 0. The van der Waals surface area contributed by atoms with Crippen LogP contribution in [0, 0.1) is 0 Å². The van der Waals surface area contributed by atoms with Crippen molar-refractivity contribution in [1.82, 2.24) is 0 Å². The lowest BCUT2D eigenvalue weighted by Gasteiger charge is -2.01. The molecule has 1 heterocycles. The largest absolute Gasteiger partial charge is 0.391 e. The van der Waals surface area contributed by atoms with Gasteiger partial charge in [0.15, 0.2) is 0 Å². The van der Waals surface area contributed by atoms with E-state index in [2.05, 4.69) is 0 Å². The Labute approximate surface area is 53.4 Å². The summed E-state index contributed by atoms with van der Waals surface area (Å²) in [6, 6.07) is 0. The highest BCUT2D eigenvalue weighted by Crippen LogP contribution is 2.13. The van der Waals surface area contributed by atoms with Crippen LogP contribution in [-0.4, -0.2) is 23.6 Å². The second-order valence-corrected chi connectivity index (χ2v) is 2.78. The highest BCUT2D eigenvalue weighted by molar-refractivity contribution is 7.94. The lowest BCUT2D eigenvalue weighted by Crippen LogP contribution is -2.10. The lowest BCUT2D eigenvalue weighted by atomic mass is 10.2. The van der Waals surface area contributed by atoms with Gasteiger partial charge in [0.25, 0.3) is 0 Å². The fraction of sp³-hybridized carbons (Fsp3) is 1.00. The van der Waals surface area contributed by atoms with E-state index in [1.165, 1.54) is 12.0 Å². The number of aliphatic hydroxyl groups is 1. The van der Waals surface area contributed by atoms with Gasteiger partial charge in [-0.15, -0.1) is 0 Å². The predicted molar refractivity (Wildman–Crippen MR) is 33.7 cm³/mol. The summed E-state index contributed by atoms with van der Waals surface area (Å²) >= 11 is 1.46. The van der Waals surface area contributed by atoms with E-state index in [0.717, 1.165) is 18.6 Å². The van der Waals surface area contributed by atoms with Gasteiger partial charge in [0.05, 0.1) is 12.7 Å². The maximum Gasteiger partial charge on any atom is 0.0873 e. The van der Waals surface area contributed by atoms with Crippen LogP contribution in [0.5, 0.6) is 0 Å². The maximum atomic E-state index is 8.95. The summed E-state index contributed by atoms with van der Waals surface area (Å²) < 4.78 is 4.97. The van der Waals surface area contributed by atoms with Crippen molar-refractivity contribution in [2.75, 3.05) is 12.4 Å². The van der Waals surface area contributed by atoms with Gasteiger partial charge in [-0.05, 0) is 24.9 Å². The molecule has 48 valence electrons. The van der Waals surface area contributed by atoms with Crippen molar-refractivity contribution in [1.29, 1.82) is 0 Å². The molecule has 1 atom stereocenters. The Morgan fingerprint density at radius 1 is 1.62 bits per heavy atom. The molecule has 0 amide bonds. The molecule has 1 fully saturated rings. The van der Waals surface area contributed by atoms with Crippen LogP contribution in [0.25, 0.3) is 0 Å². The van der Waals surface area contributed by atoms with E-state index in [9.17, 15) is 0 Å². The third kappa shape index (κ3) is 2.03. The summed E-state index contributed by atoms with van der Waals surface area (Å²) in [5.74, 6) is 1.02. The molecule has 2 nitrogen and oxygen atoms in total. The number of hydrogen-bond donors (Lipinski definition) is 1. The minimum absolute atomic E-state index is 0.218. The molecule has 1 aliphatic heterocycles. The first-order valence-corrected chi connectivity index (χ1v) is 3.73. The molecule has 1 N–H and O–H groups in total. The molecule has 0 spiro atoms. The molecule has 1 saturated heterocycles. The molecular weight excluding hydrogens is 124 g/mol. The highest BCUT2D eigenvalue weighted by Gasteiger charge is 2.07. The fourth-order valence-corrected chi connectivity index (χ4v) is 1.30. The summed E-state index contributed by atoms with van der Waals surface area (Å²) in [5, 5.41) is 8.95. The van der Waals surface area contributed by atoms with Gasteiger partial charge in [-0.1, -0.05) is 0 Å².